The van der Waals surface area contributed by atoms with E-state index in [-0.39, 0.29) is 0 Å². The third kappa shape index (κ3) is 3.56. The molecule has 2 rings (SSSR count). The first-order valence-electron chi connectivity index (χ1n) is 5.58. The highest BCUT2D eigenvalue weighted by atomic mass is 32.2. The van der Waals surface area contributed by atoms with Crippen LogP contribution in [0.1, 0.15) is 23.5 Å². The number of hydrogen-bond acceptors (Lipinski definition) is 4. The average molecular weight is 264 g/mol. The largest absolute Gasteiger partial charge is 0.313 e. The molecule has 1 heterocycles. The molecule has 1 aromatic heterocycles. The Balaban J connectivity index is 1.94. The number of aromatic nitrogens is 1. The molecule has 0 saturated carbocycles. The fourth-order valence-corrected chi connectivity index (χ4v) is 3.03. The van der Waals surface area contributed by atoms with Crippen molar-refractivity contribution in [3.63, 3.8) is 0 Å². The van der Waals surface area contributed by atoms with E-state index in [9.17, 15) is 0 Å². The van der Waals surface area contributed by atoms with Crippen LogP contribution in [0.4, 0.5) is 0 Å². The average Bonchev–Trinajstić information content (AvgIpc) is 2.89. The van der Waals surface area contributed by atoms with E-state index in [0.29, 0.717) is 6.04 Å². The molecule has 0 aliphatic carbocycles. The van der Waals surface area contributed by atoms with Crippen LogP contribution in [0, 0.1) is 0 Å². The van der Waals surface area contributed by atoms with Crippen molar-refractivity contribution in [3.8, 4) is 0 Å². The maximum Gasteiger partial charge on any atom is 0.103 e. The highest BCUT2D eigenvalue weighted by Gasteiger charge is 2.02. The Morgan fingerprint density at radius 2 is 2.12 bits per heavy atom. The van der Waals surface area contributed by atoms with Crippen molar-refractivity contribution in [2.75, 3.05) is 7.05 Å². The van der Waals surface area contributed by atoms with E-state index in [1.165, 1.54) is 15.5 Å². The van der Waals surface area contributed by atoms with Crippen LogP contribution in [0.5, 0.6) is 0 Å². The Bertz CT molecular complexity index is 437. The maximum atomic E-state index is 4.28. The van der Waals surface area contributed by atoms with Gasteiger partial charge in [0.05, 0.1) is 5.75 Å². The first kappa shape index (κ1) is 12.6. The zero-order valence-electron chi connectivity index (χ0n) is 10.0. The number of thiazole rings is 1. The van der Waals surface area contributed by atoms with Gasteiger partial charge in [0.25, 0.3) is 0 Å². The highest BCUT2D eigenvalue weighted by molar-refractivity contribution is 7.98. The number of hydrogen-bond donors (Lipinski definition) is 1. The molecule has 0 fully saturated rings. The van der Waals surface area contributed by atoms with E-state index in [1.54, 1.807) is 11.3 Å². The van der Waals surface area contributed by atoms with E-state index in [1.807, 2.05) is 30.4 Å². The summed E-state index contributed by atoms with van der Waals surface area (Å²) in [6.07, 6.45) is 1.86. The smallest absolute Gasteiger partial charge is 0.103 e. The predicted octanol–water partition coefficient (Wildman–Crippen LogP) is 3.72. The van der Waals surface area contributed by atoms with Crippen LogP contribution in [-0.4, -0.2) is 12.0 Å². The van der Waals surface area contributed by atoms with Crippen molar-refractivity contribution in [1.82, 2.24) is 10.3 Å². The second kappa shape index (κ2) is 6.19. The zero-order chi connectivity index (χ0) is 12.1. The van der Waals surface area contributed by atoms with Crippen molar-refractivity contribution >= 4 is 23.1 Å². The molecule has 1 atom stereocenters. The summed E-state index contributed by atoms with van der Waals surface area (Å²) >= 11 is 3.55. The van der Waals surface area contributed by atoms with Crippen LogP contribution >= 0.6 is 23.1 Å². The van der Waals surface area contributed by atoms with Gasteiger partial charge < -0.3 is 5.32 Å². The van der Waals surface area contributed by atoms with E-state index in [4.69, 9.17) is 0 Å². The molecule has 0 bridgehead atoms. The number of benzene rings is 1. The Morgan fingerprint density at radius 3 is 2.71 bits per heavy atom. The Hall–Kier alpha value is -0.840. The quantitative estimate of drug-likeness (QED) is 0.833. The SMILES string of the molecule is CNC(C)c1ccc(SCc2nccs2)cc1. The van der Waals surface area contributed by atoms with E-state index in [0.717, 1.165) is 5.75 Å². The molecule has 0 aliphatic heterocycles. The first-order chi connectivity index (χ1) is 8.29. The van der Waals surface area contributed by atoms with Crippen LogP contribution in [0.3, 0.4) is 0 Å². The topological polar surface area (TPSA) is 24.9 Å². The van der Waals surface area contributed by atoms with Gasteiger partial charge in [-0.1, -0.05) is 12.1 Å². The van der Waals surface area contributed by atoms with E-state index in [2.05, 4.69) is 41.5 Å². The van der Waals surface area contributed by atoms with Crippen molar-refractivity contribution in [3.05, 3.63) is 46.4 Å². The summed E-state index contributed by atoms with van der Waals surface area (Å²) in [6, 6.07) is 9.15. The number of nitrogens with one attached hydrogen (secondary N) is 1. The van der Waals surface area contributed by atoms with Crippen LogP contribution in [0.25, 0.3) is 0 Å². The second-order valence-electron chi connectivity index (χ2n) is 3.79. The molecule has 1 aromatic carbocycles. The molecule has 90 valence electrons. The summed E-state index contributed by atoms with van der Waals surface area (Å²) in [7, 11) is 1.98. The van der Waals surface area contributed by atoms with E-state index >= 15 is 0 Å². The van der Waals surface area contributed by atoms with Gasteiger partial charge in [0.2, 0.25) is 0 Å². The Kier molecular flexibility index (Phi) is 4.59. The molecule has 0 amide bonds. The molecule has 0 spiro atoms. The molecule has 2 nitrogen and oxygen atoms in total. The molecule has 4 heteroatoms. The number of rotatable bonds is 5. The highest BCUT2D eigenvalue weighted by Crippen LogP contribution is 2.25. The van der Waals surface area contributed by atoms with Gasteiger partial charge in [0.15, 0.2) is 0 Å². The van der Waals surface area contributed by atoms with Crippen molar-refractivity contribution < 1.29 is 0 Å². The van der Waals surface area contributed by atoms with Gasteiger partial charge in [-0.2, -0.15) is 0 Å². The van der Waals surface area contributed by atoms with Crippen molar-refractivity contribution in [2.24, 2.45) is 0 Å². The fourth-order valence-electron chi connectivity index (χ4n) is 1.49. The Labute approximate surface area is 110 Å². The molecule has 17 heavy (non-hydrogen) atoms. The van der Waals surface area contributed by atoms with Crippen molar-refractivity contribution in [1.29, 1.82) is 0 Å². The molecule has 0 aliphatic rings. The normalized spacial score (nSPS) is 12.6. The lowest BCUT2D eigenvalue weighted by Crippen LogP contribution is -2.11. The monoisotopic (exact) mass is 264 g/mol. The molecule has 0 saturated heterocycles. The maximum absolute atomic E-state index is 4.28. The standard InChI is InChI=1S/C13H16N2S2/c1-10(14-2)11-3-5-12(6-4-11)17-9-13-15-7-8-16-13/h3-8,10,14H,9H2,1-2H3. The van der Waals surface area contributed by atoms with Gasteiger partial charge in [-0.15, -0.1) is 23.1 Å². The summed E-state index contributed by atoms with van der Waals surface area (Å²) in [5.41, 5.74) is 1.33. The van der Waals surface area contributed by atoms with Crippen LogP contribution in [0.15, 0.2) is 40.7 Å². The number of nitrogens with zero attached hydrogens (tertiary/aromatic N) is 1. The van der Waals surface area contributed by atoms with Gasteiger partial charge in [0.1, 0.15) is 5.01 Å². The molecular formula is C13H16N2S2. The molecular weight excluding hydrogens is 248 g/mol. The summed E-state index contributed by atoms with van der Waals surface area (Å²) in [5.74, 6) is 0.957. The third-order valence-electron chi connectivity index (χ3n) is 2.66. The van der Waals surface area contributed by atoms with Crippen LogP contribution in [0.2, 0.25) is 0 Å². The first-order valence-corrected chi connectivity index (χ1v) is 7.44. The number of thioether (sulfide) groups is 1. The third-order valence-corrected chi connectivity index (χ3v) is 4.64. The summed E-state index contributed by atoms with van der Waals surface area (Å²) in [4.78, 5) is 5.58. The van der Waals surface area contributed by atoms with Gasteiger partial charge in [-0.3, -0.25) is 0 Å². The minimum absolute atomic E-state index is 0.410. The van der Waals surface area contributed by atoms with Crippen molar-refractivity contribution in [2.45, 2.75) is 23.6 Å². The fraction of sp³-hybridized carbons (Fsp3) is 0.308. The predicted molar refractivity (Wildman–Crippen MR) is 75.6 cm³/mol. The second-order valence-corrected chi connectivity index (χ2v) is 5.82. The summed E-state index contributed by atoms with van der Waals surface area (Å²) in [6.45, 7) is 2.16. The lowest BCUT2D eigenvalue weighted by molar-refractivity contribution is 0.652. The Morgan fingerprint density at radius 1 is 1.35 bits per heavy atom. The minimum Gasteiger partial charge on any atom is -0.313 e. The minimum atomic E-state index is 0.410. The molecule has 1 unspecified atom stereocenters. The summed E-state index contributed by atoms with van der Waals surface area (Å²) < 4.78 is 0. The van der Waals surface area contributed by atoms with E-state index < -0.39 is 0 Å². The zero-order valence-corrected chi connectivity index (χ0v) is 11.6. The molecule has 1 N–H and O–H groups in total. The van der Waals surface area contributed by atoms with Crippen LogP contribution < -0.4 is 5.32 Å². The van der Waals surface area contributed by atoms with Gasteiger partial charge >= 0.3 is 0 Å². The molecule has 2 aromatic rings. The van der Waals surface area contributed by atoms with Gasteiger partial charge in [0, 0.05) is 22.5 Å². The lowest BCUT2D eigenvalue weighted by atomic mass is 10.1. The molecule has 0 radical (unpaired) electrons. The summed E-state index contributed by atoms with van der Waals surface area (Å²) in [5, 5.41) is 6.44. The van der Waals surface area contributed by atoms with Crippen LogP contribution in [-0.2, 0) is 5.75 Å². The van der Waals surface area contributed by atoms with Gasteiger partial charge in [-0.05, 0) is 31.7 Å². The van der Waals surface area contributed by atoms with Gasteiger partial charge in [-0.25, -0.2) is 4.98 Å². The lowest BCUT2D eigenvalue weighted by Gasteiger charge is -2.10.